The summed E-state index contributed by atoms with van der Waals surface area (Å²) in [4.78, 5) is 40.0. The fraction of sp³-hybridized carbons (Fsp3) is 0.318. The molecule has 0 spiro atoms. The zero-order valence-corrected chi connectivity index (χ0v) is 18.0. The molecular weight excluding hydrogens is 402 g/mol. The smallest absolute Gasteiger partial charge is 0.337 e. The molecule has 158 valence electrons. The van der Waals surface area contributed by atoms with Gasteiger partial charge in [0.1, 0.15) is 0 Å². The maximum Gasteiger partial charge on any atom is 0.337 e. The number of carbonyl (C=O) groups is 3. The van der Waals surface area contributed by atoms with Gasteiger partial charge >= 0.3 is 12.0 Å². The van der Waals surface area contributed by atoms with E-state index in [2.05, 4.69) is 10.6 Å². The van der Waals surface area contributed by atoms with Gasteiger partial charge in [-0.1, -0.05) is 25.1 Å². The first-order valence-corrected chi connectivity index (χ1v) is 10.6. The summed E-state index contributed by atoms with van der Waals surface area (Å²) in [5.41, 5.74) is 2.24. The van der Waals surface area contributed by atoms with Crippen molar-refractivity contribution in [3.05, 3.63) is 63.5 Å². The van der Waals surface area contributed by atoms with Gasteiger partial charge in [-0.2, -0.15) is 0 Å². The van der Waals surface area contributed by atoms with Crippen LogP contribution in [0.1, 0.15) is 36.8 Å². The van der Waals surface area contributed by atoms with Gasteiger partial charge < -0.3 is 15.4 Å². The van der Waals surface area contributed by atoms with E-state index in [9.17, 15) is 14.4 Å². The number of anilines is 1. The van der Waals surface area contributed by atoms with Gasteiger partial charge in [0.2, 0.25) is 5.91 Å². The summed E-state index contributed by atoms with van der Waals surface area (Å²) in [6, 6.07) is 10.0. The molecule has 0 aliphatic carbocycles. The van der Waals surface area contributed by atoms with Crippen LogP contribution in [0.15, 0.2) is 53.0 Å². The van der Waals surface area contributed by atoms with E-state index in [4.69, 9.17) is 4.74 Å². The topological polar surface area (TPSA) is 87.7 Å². The number of nitrogens with zero attached hydrogens (tertiary/aromatic N) is 1. The van der Waals surface area contributed by atoms with E-state index in [1.807, 2.05) is 30.5 Å². The third-order valence-corrected chi connectivity index (χ3v) is 5.74. The molecule has 3 rings (SSSR count). The number of hydrogen-bond donors (Lipinski definition) is 2. The lowest BCUT2D eigenvalue weighted by atomic mass is 9.94. The number of urea groups is 1. The highest BCUT2D eigenvalue weighted by Gasteiger charge is 2.35. The second-order valence-electron chi connectivity index (χ2n) is 6.95. The normalized spacial score (nSPS) is 16.3. The number of amides is 3. The summed E-state index contributed by atoms with van der Waals surface area (Å²) in [5.74, 6) is -0.623. The number of methoxy groups -OCH3 is 1. The molecule has 1 aliphatic rings. The average Bonchev–Trinajstić information content (AvgIpc) is 3.23. The number of nitrogens with one attached hydrogen (secondary N) is 2. The third-order valence-electron chi connectivity index (χ3n) is 4.87. The molecule has 1 aliphatic heterocycles. The molecule has 0 saturated heterocycles. The van der Waals surface area contributed by atoms with Gasteiger partial charge in [0, 0.05) is 22.8 Å². The number of allylic oxidation sites excluding steroid dienone is 1. The lowest BCUT2D eigenvalue weighted by molar-refractivity contribution is -0.136. The largest absolute Gasteiger partial charge is 0.466 e. The molecule has 2 aromatic rings. The number of ether oxygens (including phenoxy) is 1. The Labute approximate surface area is 179 Å². The molecule has 1 atom stereocenters. The van der Waals surface area contributed by atoms with Crippen LogP contribution in [0.3, 0.4) is 0 Å². The fourth-order valence-corrected chi connectivity index (χ4v) is 4.17. The summed E-state index contributed by atoms with van der Waals surface area (Å²) in [6.45, 7) is 4.22. The first-order chi connectivity index (χ1) is 14.4. The monoisotopic (exact) mass is 427 g/mol. The molecule has 1 unspecified atom stereocenters. The standard InChI is InChI=1S/C22H25N3O4S/c1-4-10-25-14(2)19(21(27)29-3)20(24-22(25)28)15-7-5-8-16(12-15)23-18(26)13-17-9-6-11-30-17/h5-9,11-12,20H,4,10,13H2,1-3H3,(H,23,26)(H,24,28). The second-order valence-corrected chi connectivity index (χ2v) is 7.99. The predicted molar refractivity (Wildman–Crippen MR) is 116 cm³/mol. The van der Waals surface area contributed by atoms with Crippen molar-refractivity contribution in [3.63, 3.8) is 0 Å². The molecule has 2 heterocycles. The maximum atomic E-state index is 12.6. The molecule has 0 radical (unpaired) electrons. The van der Waals surface area contributed by atoms with E-state index in [0.717, 1.165) is 11.3 Å². The summed E-state index contributed by atoms with van der Waals surface area (Å²) >= 11 is 1.53. The Morgan fingerprint density at radius 2 is 2.07 bits per heavy atom. The Morgan fingerprint density at radius 1 is 1.27 bits per heavy atom. The van der Waals surface area contributed by atoms with Gasteiger partial charge in [0.25, 0.3) is 0 Å². The van der Waals surface area contributed by atoms with E-state index >= 15 is 0 Å². The van der Waals surface area contributed by atoms with Crippen molar-refractivity contribution in [2.24, 2.45) is 0 Å². The Balaban J connectivity index is 1.88. The van der Waals surface area contributed by atoms with Crippen molar-refractivity contribution in [1.29, 1.82) is 0 Å². The van der Waals surface area contributed by atoms with Crippen LogP contribution in [0.25, 0.3) is 0 Å². The Kier molecular flexibility index (Phi) is 6.89. The molecule has 0 bridgehead atoms. The van der Waals surface area contributed by atoms with Crippen molar-refractivity contribution >= 4 is 34.9 Å². The van der Waals surface area contributed by atoms with Gasteiger partial charge in [0.05, 0.1) is 25.1 Å². The Bertz CT molecular complexity index is 969. The van der Waals surface area contributed by atoms with Crippen LogP contribution >= 0.6 is 11.3 Å². The quantitative estimate of drug-likeness (QED) is 0.657. The van der Waals surface area contributed by atoms with Crippen LogP contribution in [0, 0.1) is 0 Å². The van der Waals surface area contributed by atoms with Crippen molar-refractivity contribution in [2.45, 2.75) is 32.7 Å². The van der Waals surface area contributed by atoms with E-state index in [1.165, 1.54) is 18.4 Å². The van der Waals surface area contributed by atoms with Gasteiger partial charge in [0.15, 0.2) is 0 Å². The summed E-state index contributed by atoms with van der Waals surface area (Å²) in [6.07, 6.45) is 1.05. The number of esters is 1. The zero-order chi connectivity index (χ0) is 21.7. The molecule has 30 heavy (non-hydrogen) atoms. The zero-order valence-electron chi connectivity index (χ0n) is 17.2. The minimum atomic E-state index is -0.660. The van der Waals surface area contributed by atoms with E-state index in [0.29, 0.717) is 35.5 Å². The van der Waals surface area contributed by atoms with Crippen LogP contribution in [0.5, 0.6) is 0 Å². The fourth-order valence-electron chi connectivity index (χ4n) is 3.47. The number of thiophene rings is 1. The highest BCUT2D eigenvalue weighted by molar-refractivity contribution is 7.10. The summed E-state index contributed by atoms with van der Waals surface area (Å²) in [7, 11) is 1.32. The first-order valence-electron chi connectivity index (χ1n) is 9.73. The molecular formula is C22H25N3O4S. The van der Waals surface area contributed by atoms with Gasteiger partial charge in [-0.3, -0.25) is 9.69 Å². The maximum absolute atomic E-state index is 12.6. The number of benzene rings is 1. The van der Waals surface area contributed by atoms with E-state index in [-0.39, 0.29) is 11.9 Å². The van der Waals surface area contributed by atoms with Crippen LogP contribution in [-0.2, 0) is 20.7 Å². The second kappa shape index (κ2) is 9.58. The highest BCUT2D eigenvalue weighted by Crippen LogP contribution is 2.32. The molecule has 1 aromatic carbocycles. The van der Waals surface area contributed by atoms with Crippen LogP contribution < -0.4 is 10.6 Å². The molecule has 2 N–H and O–H groups in total. The van der Waals surface area contributed by atoms with Crippen LogP contribution in [0.4, 0.5) is 10.5 Å². The van der Waals surface area contributed by atoms with Gasteiger partial charge in [-0.15, -0.1) is 11.3 Å². The minimum Gasteiger partial charge on any atom is -0.466 e. The Hall–Kier alpha value is -3.13. The molecule has 0 saturated carbocycles. The number of rotatable bonds is 7. The molecule has 0 fully saturated rings. The number of hydrogen-bond acceptors (Lipinski definition) is 5. The summed E-state index contributed by atoms with van der Waals surface area (Å²) in [5, 5.41) is 7.71. The highest BCUT2D eigenvalue weighted by atomic mass is 32.1. The van der Waals surface area contributed by atoms with Crippen molar-refractivity contribution < 1.29 is 19.1 Å². The third kappa shape index (κ3) is 4.71. The van der Waals surface area contributed by atoms with Crippen molar-refractivity contribution in [3.8, 4) is 0 Å². The lowest BCUT2D eigenvalue weighted by Crippen LogP contribution is -2.48. The van der Waals surface area contributed by atoms with Crippen molar-refractivity contribution in [1.82, 2.24) is 10.2 Å². The summed E-state index contributed by atoms with van der Waals surface area (Å²) < 4.78 is 4.98. The van der Waals surface area contributed by atoms with Gasteiger partial charge in [-0.25, -0.2) is 9.59 Å². The molecule has 1 aromatic heterocycles. The first kappa shape index (κ1) is 21.6. The molecule has 3 amide bonds. The lowest BCUT2D eigenvalue weighted by Gasteiger charge is -2.35. The van der Waals surface area contributed by atoms with Crippen molar-refractivity contribution in [2.75, 3.05) is 19.0 Å². The number of carbonyl (C=O) groups excluding carboxylic acids is 3. The average molecular weight is 428 g/mol. The van der Waals surface area contributed by atoms with E-state index < -0.39 is 12.0 Å². The van der Waals surface area contributed by atoms with Crippen LogP contribution in [-0.4, -0.2) is 36.5 Å². The van der Waals surface area contributed by atoms with E-state index in [1.54, 1.807) is 30.0 Å². The Morgan fingerprint density at radius 3 is 2.73 bits per heavy atom. The van der Waals surface area contributed by atoms with Gasteiger partial charge in [-0.05, 0) is 42.5 Å². The predicted octanol–water partition coefficient (Wildman–Crippen LogP) is 3.85. The molecule has 7 nitrogen and oxygen atoms in total. The SMILES string of the molecule is CCCN1C(=O)NC(c2cccc(NC(=O)Cc3cccs3)c2)C(C(=O)OC)=C1C. The molecule has 8 heteroatoms. The minimum absolute atomic E-state index is 0.128. The van der Waals surface area contributed by atoms with Crippen LogP contribution in [0.2, 0.25) is 0 Å².